The number of anilines is 4. The second-order valence-corrected chi connectivity index (χ2v) is 26.8. The van der Waals surface area contributed by atoms with E-state index in [4.69, 9.17) is 4.98 Å². The molecule has 0 amide bonds. The van der Waals surface area contributed by atoms with Crippen molar-refractivity contribution in [2.24, 2.45) is 0 Å². The van der Waals surface area contributed by atoms with Gasteiger partial charge in [-0.25, -0.2) is 4.98 Å². The Hall–Kier alpha value is -8.54. The van der Waals surface area contributed by atoms with Gasteiger partial charge in [-0.15, -0.1) is 17.7 Å². The predicted octanol–water partition coefficient (Wildman–Crippen LogP) is 17.4. The maximum absolute atomic E-state index is 5.19. The zero-order valence-corrected chi connectivity index (χ0v) is 47.8. The third kappa shape index (κ3) is 7.56. The minimum atomic E-state index is -2.54. The van der Waals surface area contributed by atoms with E-state index in [1.165, 1.54) is 93.3 Å². The Morgan fingerprint density at radius 1 is 0.468 bits per heavy atom. The van der Waals surface area contributed by atoms with E-state index in [2.05, 4.69) is 296 Å². The summed E-state index contributed by atoms with van der Waals surface area (Å²) in [6.07, 6.45) is 1.98. The van der Waals surface area contributed by atoms with Gasteiger partial charge >= 0.3 is 0 Å². The smallest absolute Gasteiger partial charge is 0.135 e. The molecular weight excluding hydrogens is 1160 g/mol. The second kappa shape index (κ2) is 18.6. The molecule has 13 aromatic rings. The van der Waals surface area contributed by atoms with E-state index in [1.54, 1.807) is 0 Å². The van der Waals surface area contributed by atoms with Gasteiger partial charge in [-0.2, -0.15) is 52.8 Å². The topological polar surface area (TPSA) is 29.2 Å². The fraction of sp³-hybridized carbons (Fsp3) is 0.0833. The summed E-state index contributed by atoms with van der Waals surface area (Å²) in [7, 11) is -2.54. The Labute approximate surface area is 477 Å². The molecule has 0 radical (unpaired) electrons. The quantitative estimate of drug-likeness (QED) is 0.118. The van der Waals surface area contributed by atoms with Crippen molar-refractivity contribution in [2.45, 2.75) is 39.3 Å². The predicted molar refractivity (Wildman–Crippen MR) is 329 cm³/mol. The Morgan fingerprint density at radius 3 is 1.82 bits per heavy atom. The van der Waals surface area contributed by atoms with Crippen LogP contribution in [0.4, 0.5) is 22.7 Å². The maximum Gasteiger partial charge on any atom is 0.135 e. The molecule has 0 unspecified atom stereocenters. The van der Waals surface area contributed by atoms with Crippen LogP contribution in [0.5, 0.6) is 0 Å². The van der Waals surface area contributed by atoms with Crippen molar-refractivity contribution in [1.82, 2.24) is 14.1 Å². The van der Waals surface area contributed by atoms with Gasteiger partial charge in [-0.05, 0) is 81.1 Å². The number of nitrogens with zero attached hydrogens (tertiary/aromatic N) is 5. The average Bonchev–Trinajstić information content (AvgIpc) is 4.35. The summed E-state index contributed by atoms with van der Waals surface area (Å²) in [5.41, 5.74) is 20.8. The zero-order chi connectivity index (χ0) is 52.4. The van der Waals surface area contributed by atoms with E-state index in [1.807, 2.05) is 6.20 Å². The molecule has 3 aromatic heterocycles. The number of hydrogen-bond donors (Lipinski definition) is 0. The molecule has 0 fully saturated rings. The Kier molecular flexibility index (Phi) is 11.5. The summed E-state index contributed by atoms with van der Waals surface area (Å²) in [4.78, 5) is 9.90. The zero-order valence-electron chi connectivity index (χ0n) is 44.6. The van der Waals surface area contributed by atoms with Gasteiger partial charge in [-0.3, -0.25) is 0 Å². The minimum Gasteiger partial charge on any atom is -0.493 e. The van der Waals surface area contributed by atoms with Crippen LogP contribution in [0, 0.1) is 18.8 Å². The van der Waals surface area contributed by atoms with Crippen LogP contribution < -0.4 is 20.2 Å². The first-order chi connectivity index (χ1) is 38.1. The molecule has 2 aliphatic heterocycles. The summed E-state index contributed by atoms with van der Waals surface area (Å²) >= 11 is 0. The van der Waals surface area contributed by atoms with Gasteiger partial charge in [-0.1, -0.05) is 191 Å². The average molecular weight is 1210 g/mol. The van der Waals surface area contributed by atoms with Crippen LogP contribution in [0.1, 0.15) is 26.3 Å². The Bertz CT molecular complexity index is 4510. The number of pyridine rings is 1. The van der Waals surface area contributed by atoms with E-state index in [0.717, 1.165) is 45.0 Å². The van der Waals surface area contributed by atoms with Crippen LogP contribution in [0.3, 0.4) is 0 Å². The van der Waals surface area contributed by atoms with Crippen molar-refractivity contribution in [2.75, 3.05) is 9.80 Å². The van der Waals surface area contributed by atoms with Crippen LogP contribution in [-0.2, 0) is 26.5 Å². The van der Waals surface area contributed by atoms with Gasteiger partial charge in [0, 0.05) is 82.9 Å². The largest absolute Gasteiger partial charge is 0.493 e. The Morgan fingerprint density at radius 2 is 1.08 bits per heavy atom. The number of hydrogen-bond acceptors (Lipinski definition) is 3. The van der Waals surface area contributed by atoms with Crippen LogP contribution in [0.15, 0.2) is 231 Å². The fourth-order valence-corrected chi connectivity index (χ4v) is 14.8. The van der Waals surface area contributed by atoms with Crippen LogP contribution in [0.2, 0.25) is 13.1 Å². The molecule has 0 saturated carbocycles. The van der Waals surface area contributed by atoms with Crippen molar-refractivity contribution in [1.29, 1.82) is 0 Å². The van der Waals surface area contributed by atoms with Gasteiger partial charge < -0.3 is 18.9 Å². The van der Waals surface area contributed by atoms with Crippen molar-refractivity contribution in [3.8, 4) is 56.0 Å². The van der Waals surface area contributed by atoms with E-state index in [9.17, 15) is 0 Å². The van der Waals surface area contributed by atoms with Crippen molar-refractivity contribution >= 4 is 84.8 Å². The molecule has 79 heavy (non-hydrogen) atoms. The molecule has 2 aliphatic rings. The summed E-state index contributed by atoms with van der Waals surface area (Å²) in [5.74, 6) is 0.889. The van der Waals surface area contributed by atoms with Crippen molar-refractivity contribution in [3.63, 3.8) is 0 Å². The van der Waals surface area contributed by atoms with Crippen LogP contribution in [0.25, 0.3) is 99.6 Å². The van der Waals surface area contributed by atoms with Gasteiger partial charge in [0.2, 0.25) is 0 Å². The first-order valence-corrected chi connectivity index (χ1v) is 30.0. The van der Waals surface area contributed by atoms with Gasteiger partial charge in [0.05, 0.1) is 24.8 Å². The molecule has 0 atom stereocenters. The molecule has 0 aliphatic carbocycles. The van der Waals surface area contributed by atoms with Gasteiger partial charge in [0.25, 0.3) is 0 Å². The molecule has 0 saturated heterocycles. The first-order valence-electron chi connectivity index (χ1n) is 27.0. The summed E-state index contributed by atoms with van der Waals surface area (Å²) in [6.45, 7) is 14.0. The number of rotatable bonds is 7. The second-order valence-electron chi connectivity index (χ2n) is 22.4. The molecule has 0 bridgehead atoms. The third-order valence-corrected chi connectivity index (χ3v) is 19.8. The van der Waals surface area contributed by atoms with E-state index >= 15 is 0 Å². The van der Waals surface area contributed by atoms with E-state index in [0.29, 0.717) is 0 Å². The van der Waals surface area contributed by atoms with E-state index in [-0.39, 0.29) is 26.5 Å². The van der Waals surface area contributed by atoms with Crippen molar-refractivity contribution < 1.29 is 21.1 Å². The molecule has 5 heterocycles. The SMILES string of the molecule is CC(C)(C)c1ccnc(-n2c3[c-]c([Si](C)(C)c4[c-]c(N5[CH-]N(c6c(-c7ccccc7)cccc6-c6ccccc6)c6ccccc65)ccc4)ccc3c3c4c(ccc32)-n2c3ccccc3c3cccc(c32)-c2ccccc2-4)c1.[Pt]. The molecule has 10 aromatic carbocycles. The molecule has 0 N–H and O–H groups in total. The standard InChI is InChI=1S/C72H54N5Si.Pt/c1-72(2,3)49-41-42-73-67(43-49)76-64-39-40-65-68(57-29-13-12-27-55(57)58-32-20-33-59-56-28-14-15-34-61(56)77(65)71(58)59)69(64)60-38-37-52(45-66(60)76)78(4,5)51-26-18-25-50(44-51)74-46-75(63-36-17-16-35-62(63)74)70-53(47-21-8-6-9-22-47)30-19-31-54(70)48-23-10-7-11-24-48;/h6-43,46H,1-5H3;/q-3;. The van der Waals surface area contributed by atoms with Gasteiger partial charge in [0.1, 0.15) is 5.82 Å². The molecule has 384 valence electrons. The van der Waals surface area contributed by atoms with Gasteiger partial charge in [0.15, 0.2) is 0 Å². The monoisotopic (exact) mass is 1210 g/mol. The Balaban J connectivity index is 0.00000564. The normalized spacial score (nSPS) is 12.9. The number of fused-ring (bicyclic) bond motifs is 13. The number of aromatic nitrogens is 3. The molecular formula is C72H54N5PtSi-3. The summed E-state index contributed by atoms with van der Waals surface area (Å²) < 4.78 is 4.91. The molecule has 15 rings (SSSR count). The maximum atomic E-state index is 5.19. The van der Waals surface area contributed by atoms with Crippen LogP contribution in [-0.4, -0.2) is 22.2 Å². The minimum absolute atomic E-state index is 0. The number of benzene rings is 10. The first kappa shape index (κ1) is 48.8. The fourth-order valence-electron chi connectivity index (χ4n) is 12.6. The molecule has 7 heteroatoms. The third-order valence-electron chi connectivity index (χ3n) is 16.5. The summed E-state index contributed by atoms with van der Waals surface area (Å²) in [6, 6.07) is 90.4. The number of para-hydroxylation sites is 5. The molecule has 0 spiro atoms. The molecule has 5 nitrogen and oxygen atoms in total. The summed E-state index contributed by atoms with van der Waals surface area (Å²) in [5, 5.41) is 7.27. The van der Waals surface area contributed by atoms with Crippen molar-refractivity contribution in [3.05, 3.63) is 255 Å². The van der Waals surface area contributed by atoms with E-state index < -0.39 is 8.07 Å². The van der Waals surface area contributed by atoms with Crippen LogP contribution >= 0.6 is 0 Å².